The van der Waals surface area contributed by atoms with Gasteiger partial charge >= 0.3 is 6.03 Å². The molecule has 0 bridgehead atoms. The summed E-state index contributed by atoms with van der Waals surface area (Å²) in [6.45, 7) is 0.180. The van der Waals surface area contributed by atoms with Crippen molar-refractivity contribution in [1.82, 2.24) is 10.4 Å². The number of halogens is 2. The lowest BCUT2D eigenvalue weighted by Crippen LogP contribution is -2.30. The van der Waals surface area contributed by atoms with E-state index in [-0.39, 0.29) is 19.8 Å². The monoisotopic (exact) mass is 304 g/mol. The molecule has 1 heterocycles. The largest absolute Gasteiger partial charge is 0.490 e. The number of hydrogen-bond acceptors (Lipinski definition) is 4. The normalized spacial score (nSPS) is 14.7. The van der Waals surface area contributed by atoms with Gasteiger partial charge in [0.05, 0.1) is 5.02 Å². The average Bonchev–Trinajstić information content (AvgIpc) is 2.65. The summed E-state index contributed by atoms with van der Waals surface area (Å²) in [5.74, 6) is 0.0725. The van der Waals surface area contributed by atoms with Gasteiger partial charge in [-0.2, -0.15) is 5.06 Å². The third kappa shape index (κ3) is 3.73. The highest BCUT2D eigenvalue weighted by Gasteiger charge is 2.27. The minimum atomic E-state index is -0.575. The zero-order valence-corrected chi connectivity index (χ0v) is 11.2. The van der Waals surface area contributed by atoms with Gasteiger partial charge in [0.15, 0.2) is 0 Å². The first-order valence-corrected chi connectivity index (χ1v) is 6.14. The molecule has 1 fully saturated rings. The molecule has 0 radical (unpaired) electrons. The van der Waals surface area contributed by atoms with E-state index < -0.39 is 11.9 Å². The molecular weight excluding hydrogens is 295 g/mol. The topological polar surface area (TPSA) is 67.9 Å². The molecule has 0 aliphatic carbocycles. The van der Waals surface area contributed by atoms with Gasteiger partial charge < -0.3 is 4.74 Å². The smallest absolute Gasteiger partial charge is 0.348 e. The summed E-state index contributed by atoms with van der Waals surface area (Å²) in [6, 6.07) is 4.27. The maximum atomic E-state index is 11.1. The molecule has 1 aliphatic heterocycles. The highest BCUT2D eigenvalue weighted by atomic mass is 35.5. The lowest BCUT2D eigenvalue weighted by molar-refractivity contribution is -0.132. The van der Waals surface area contributed by atoms with Gasteiger partial charge in [-0.25, -0.2) is 4.79 Å². The Balaban J connectivity index is 1.75. The minimum absolute atomic E-state index is 0.111. The first-order chi connectivity index (χ1) is 9.06. The number of amides is 3. The number of carbonyl (C=O) groups is 2. The Kier molecular flexibility index (Phi) is 4.47. The van der Waals surface area contributed by atoms with E-state index in [2.05, 4.69) is 5.32 Å². The number of hydroxylamine groups is 2. The van der Waals surface area contributed by atoms with Gasteiger partial charge in [-0.15, -0.1) is 0 Å². The highest BCUT2D eigenvalue weighted by molar-refractivity contribution is 6.35. The molecule has 102 valence electrons. The van der Waals surface area contributed by atoms with Crippen LogP contribution in [0.5, 0.6) is 5.75 Å². The fourth-order valence-electron chi connectivity index (χ4n) is 1.42. The van der Waals surface area contributed by atoms with E-state index in [0.717, 1.165) is 5.06 Å². The number of urea groups is 1. The molecule has 0 saturated carbocycles. The number of rotatable bonds is 5. The molecule has 0 atom stereocenters. The number of imide groups is 1. The number of hydrogen-bond donors (Lipinski definition) is 1. The summed E-state index contributed by atoms with van der Waals surface area (Å²) in [5.41, 5.74) is 0. The van der Waals surface area contributed by atoms with Crippen LogP contribution in [0.1, 0.15) is 0 Å². The third-order valence-electron chi connectivity index (χ3n) is 2.24. The second-order valence-electron chi connectivity index (χ2n) is 3.65. The standard InChI is InChI=1S/C11H10Cl2N2O4/c12-7-1-2-9(8(13)5-7)18-3-4-19-15-6-10(16)14-11(15)17/h1-2,5H,3-4,6H2,(H,14,16,17). The lowest BCUT2D eigenvalue weighted by Gasteiger charge is -2.13. The van der Waals surface area contributed by atoms with Crippen molar-refractivity contribution in [2.24, 2.45) is 0 Å². The summed E-state index contributed by atoms with van der Waals surface area (Å²) in [7, 11) is 0. The van der Waals surface area contributed by atoms with Crippen LogP contribution in [0.4, 0.5) is 4.79 Å². The Morgan fingerprint density at radius 2 is 2.05 bits per heavy atom. The van der Waals surface area contributed by atoms with Gasteiger partial charge in [-0.05, 0) is 18.2 Å². The van der Waals surface area contributed by atoms with Crippen LogP contribution in [0.15, 0.2) is 18.2 Å². The number of nitrogens with one attached hydrogen (secondary N) is 1. The van der Waals surface area contributed by atoms with Crippen molar-refractivity contribution in [1.29, 1.82) is 0 Å². The molecule has 2 rings (SSSR count). The summed E-state index contributed by atoms with van der Waals surface area (Å²) >= 11 is 11.7. The third-order valence-corrected chi connectivity index (χ3v) is 2.77. The van der Waals surface area contributed by atoms with Gasteiger partial charge in [0, 0.05) is 5.02 Å². The summed E-state index contributed by atoms with van der Waals surface area (Å²) in [5, 5.41) is 3.93. The first kappa shape index (κ1) is 13.9. The van der Waals surface area contributed by atoms with Crippen LogP contribution in [-0.2, 0) is 9.63 Å². The van der Waals surface area contributed by atoms with Crippen LogP contribution in [0.2, 0.25) is 10.0 Å². The molecule has 1 saturated heterocycles. The molecule has 1 N–H and O–H groups in total. The van der Waals surface area contributed by atoms with Gasteiger partial charge in [0.1, 0.15) is 25.5 Å². The van der Waals surface area contributed by atoms with E-state index in [1.54, 1.807) is 18.2 Å². The van der Waals surface area contributed by atoms with Crippen LogP contribution in [0.3, 0.4) is 0 Å². The number of ether oxygens (including phenoxy) is 1. The van der Waals surface area contributed by atoms with Crippen molar-refractivity contribution in [3.8, 4) is 5.75 Å². The second-order valence-corrected chi connectivity index (χ2v) is 4.49. The van der Waals surface area contributed by atoms with Crippen LogP contribution >= 0.6 is 23.2 Å². The summed E-state index contributed by atoms with van der Waals surface area (Å²) in [6.07, 6.45) is 0. The fourth-order valence-corrected chi connectivity index (χ4v) is 1.88. The maximum absolute atomic E-state index is 11.1. The summed E-state index contributed by atoms with van der Waals surface area (Å²) < 4.78 is 5.35. The first-order valence-electron chi connectivity index (χ1n) is 5.38. The van der Waals surface area contributed by atoms with Gasteiger partial charge in [-0.1, -0.05) is 23.2 Å². The van der Waals surface area contributed by atoms with Gasteiger partial charge in [0.2, 0.25) is 5.91 Å². The van der Waals surface area contributed by atoms with E-state index in [1.165, 1.54) is 0 Å². The Labute approximate surface area is 119 Å². The molecule has 0 spiro atoms. The van der Waals surface area contributed by atoms with E-state index in [1.807, 2.05) is 0 Å². The van der Waals surface area contributed by atoms with Crippen LogP contribution < -0.4 is 10.1 Å². The zero-order chi connectivity index (χ0) is 13.8. The Morgan fingerprint density at radius 1 is 1.26 bits per heavy atom. The van der Waals surface area contributed by atoms with E-state index in [4.69, 9.17) is 32.8 Å². The highest BCUT2D eigenvalue weighted by Crippen LogP contribution is 2.27. The number of benzene rings is 1. The molecular formula is C11H10Cl2N2O4. The van der Waals surface area contributed by atoms with Crippen molar-refractivity contribution in [3.63, 3.8) is 0 Å². The Morgan fingerprint density at radius 3 is 2.68 bits per heavy atom. The van der Waals surface area contributed by atoms with Crippen molar-refractivity contribution in [2.45, 2.75) is 0 Å². The molecule has 6 nitrogen and oxygen atoms in total. The molecule has 1 aromatic rings. The molecule has 19 heavy (non-hydrogen) atoms. The van der Waals surface area contributed by atoms with Crippen LogP contribution in [0, 0.1) is 0 Å². The van der Waals surface area contributed by atoms with Crippen molar-refractivity contribution in [2.75, 3.05) is 19.8 Å². The molecule has 0 unspecified atom stereocenters. The van der Waals surface area contributed by atoms with Gasteiger partial charge in [0.25, 0.3) is 0 Å². The second kappa shape index (κ2) is 6.10. The molecule has 8 heteroatoms. The van der Waals surface area contributed by atoms with E-state index >= 15 is 0 Å². The predicted molar refractivity (Wildman–Crippen MR) is 68.2 cm³/mol. The number of nitrogens with zero attached hydrogens (tertiary/aromatic N) is 1. The van der Waals surface area contributed by atoms with Gasteiger partial charge in [-0.3, -0.25) is 14.9 Å². The minimum Gasteiger partial charge on any atom is -0.490 e. The van der Waals surface area contributed by atoms with Crippen LogP contribution in [-0.4, -0.2) is 36.8 Å². The van der Waals surface area contributed by atoms with Crippen molar-refractivity contribution >= 4 is 35.1 Å². The van der Waals surface area contributed by atoms with Crippen molar-refractivity contribution in [3.05, 3.63) is 28.2 Å². The van der Waals surface area contributed by atoms with Crippen molar-refractivity contribution < 1.29 is 19.2 Å². The summed E-state index contributed by atoms with van der Waals surface area (Å²) in [4.78, 5) is 27.1. The Hall–Kier alpha value is -1.50. The molecule has 1 aliphatic rings. The average molecular weight is 305 g/mol. The maximum Gasteiger partial charge on any atom is 0.348 e. The molecule has 3 amide bonds. The van der Waals surface area contributed by atoms with Crippen LogP contribution in [0.25, 0.3) is 0 Å². The van der Waals surface area contributed by atoms with E-state index in [9.17, 15) is 9.59 Å². The lowest BCUT2D eigenvalue weighted by atomic mass is 10.3. The fraction of sp³-hybridized carbons (Fsp3) is 0.273. The SMILES string of the molecule is O=C1CN(OCCOc2ccc(Cl)cc2Cl)C(=O)N1. The number of carbonyl (C=O) groups excluding carboxylic acids is 2. The molecule has 0 aromatic heterocycles. The zero-order valence-electron chi connectivity index (χ0n) is 9.69. The predicted octanol–water partition coefficient (Wildman–Crippen LogP) is 1.86. The molecule has 1 aromatic carbocycles. The Bertz CT molecular complexity index is 509. The quantitative estimate of drug-likeness (QED) is 0.666. The van der Waals surface area contributed by atoms with E-state index in [0.29, 0.717) is 15.8 Å².